The Kier molecular flexibility index (Phi) is 7.10. The molecule has 0 heterocycles. The number of rotatable bonds is 3. The summed E-state index contributed by atoms with van der Waals surface area (Å²) < 4.78 is 5.87. The molecule has 0 aliphatic rings. The van der Waals surface area contributed by atoms with Crippen LogP contribution >= 0.6 is 52.2 Å². The van der Waals surface area contributed by atoms with Gasteiger partial charge in [-0.15, -0.1) is 0 Å². The third-order valence-electron chi connectivity index (χ3n) is 0.481. The molecule has 0 atom stereocenters. The Hall–Kier alpha value is 1.41. The van der Waals surface area contributed by atoms with Crippen LogP contribution in [0.5, 0.6) is 0 Å². The molecule has 9 heavy (non-hydrogen) atoms. The van der Waals surface area contributed by atoms with Crippen molar-refractivity contribution in [3.8, 4) is 0 Å². The van der Waals surface area contributed by atoms with E-state index in [0.29, 0.717) is 6.61 Å². The molecule has 0 N–H and O–H groups in total. The Labute approximate surface area is 80.6 Å². The minimum absolute atomic E-state index is 0.360. The van der Waals surface area contributed by atoms with Gasteiger partial charge in [0.05, 0.1) is 11.9 Å². The maximum absolute atomic E-state index is 5.09. The van der Waals surface area contributed by atoms with E-state index >= 15 is 0 Å². The minimum atomic E-state index is -0.360. The number of hydrogen-bond acceptors (Lipinski definition) is 1. The molecule has 1 nitrogen and oxygen atoms in total. The van der Waals surface area contributed by atoms with Crippen LogP contribution in [-0.4, -0.2) is 6.61 Å². The van der Waals surface area contributed by atoms with Crippen molar-refractivity contribution in [1.82, 2.24) is 0 Å². The van der Waals surface area contributed by atoms with Gasteiger partial charge in [-0.25, -0.2) is 0 Å². The lowest BCUT2D eigenvalue weighted by molar-refractivity contribution is 0.261. The van der Waals surface area contributed by atoms with Crippen molar-refractivity contribution < 1.29 is 4.74 Å². The molecule has 0 amide bonds. The molecule has 0 spiro atoms. The van der Waals surface area contributed by atoms with Gasteiger partial charge in [-0.3, -0.25) is 0 Å². The normalized spacial score (nSPS) is 12.3. The Morgan fingerprint density at radius 3 is 2.56 bits per heavy atom. The summed E-state index contributed by atoms with van der Waals surface area (Å²) >= 11 is 9.91. The molecule has 0 aromatic carbocycles. The molecule has 54 valence electrons. The van der Waals surface area contributed by atoms with Crippen LogP contribution in [0.1, 0.15) is 6.92 Å². The second-order valence-electron chi connectivity index (χ2n) is 1.13. The summed E-state index contributed by atoms with van der Waals surface area (Å²) in [5, 5.41) is -0.360. The lowest BCUT2D eigenvalue weighted by Gasteiger charge is -1.99. The topological polar surface area (TPSA) is 9.23 Å². The Morgan fingerprint density at radius 2 is 2.22 bits per heavy atom. The lowest BCUT2D eigenvalue weighted by atomic mass is 10.9. The Balaban J connectivity index is 3.55. The second kappa shape index (κ2) is 6.14. The third-order valence-corrected chi connectivity index (χ3v) is 2.95. The maximum Gasteiger partial charge on any atom is 0.164 e. The largest absolute Gasteiger partial charge is 0.487 e. The van der Waals surface area contributed by atoms with E-state index in [1.807, 2.05) is 12.7 Å². The van der Waals surface area contributed by atoms with Crippen molar-refractivity contribution in [3.63, 3.8) is 0 Å². The highest BCUT2D eigenvalue weighted by atomic mass is 79.9. The van der Waals surface area contributed by atoms with E-state index in [-0.39, 0.29) is 5.33 Å². The molecule has 5 heteroatoms. The number of halogens is 3. The molecule has 0 bridgehead atoms. The van der Waals surface area contributed by atoms with Gasteiger partial charge in [-0.1, -0.05) is 0 Å². The van der Waals surface area contributed by atoms with Crippen LogP contribution in [0.25, 0.3) is 0 Å². The van der Waals surface area contributed by atoms with Crippen molar-refractivity contribution in [2.45, 2.75) is 6.92 Å². The zero-order chi connectivity index (χ0) is 7.28. The molecule has 0 saturated carbocycles. The van der Waals surface area contributed by atoms with Gasteiger partial charge in [-0.05, 0) is 53.8 Å². The summed E-state index contributed by atoms with van der Waals surface area (Å²) in [7, 11) is 0. The predicted molar refractivity (Wildman–Crippen MR) is 53.4 cm³/mol. The fourth-order valence-corrected chi connectivity index (χ4v) is 4.09. The van der Waals surface area contributed by atoms with Crippen LogP contribution in [0.3, 0.4) is 0 Å². The summed E-state index contributed by atoms with van der Waals surface area (Å²) in [6, 6.07) is 0. The predicted octanol–water partition coefficient (Wildman–Crippen LogP) is 4.32. The molecule has 0 aliphatic carbocycles. The first-order valence-corrected chi connectivity index (χ1v) is 8.52. The van der Waals surface area contributed by atoms with Crippen molar-refractivity contribution >= 4 is 52.2 Å². The van der Waals surface area contributed by atoms with Crippen LogP contribution in [-0.2, 0) is 4.74 Å². The summed E-state index contributed by atoms with van der Waals surface area (Å²) in [5.74, 6) is 1.93. The first kappa shape index (κ1) is 10.4. The van der Waals surface area contributed by atoms with E-state index in [2.05, 4.69) is 46.9 Å². The number of hydrogen-bond donors (Lipinski definition) is 0. The molecule has 0 aromatic rings. The summed E-state index contributed by atoms with van der Waals surface area (Å²) in [4.78, 5) is 0. The molecule has 0 fully saturated rings. The van der Waals surface area contributed by atoms with Crippen LogP contribution in [0, 0.1) is 0 Å². The van der Waals surface area contributed by atoms with Gasteiger partial charge in [0.2, 0.25) is 0 Å². The molecular weight excluding hydrogens is 335 g/mol. The van der Waals surface area contributed by atoms with Crippen molar-refractivity contribution in [1.29, 1.82) is 0 Å². The molecule has 0 saturated heterocycles. The quantitative estimate of drug-likeness (QED) is 0.549. The van der Waals surface area contributed by atoms with Gasteiger partial charge < -0.3 is 4.74 Å². The van der Waals surface area contributed by atoms with E-state index in [4.69, 9.17) is 4.74 Å². The van der Waals surface area contributed by atoms with Gasteiger partial charge in [-0.2, -0.15) is 0 Å². The first-order valence-electron chi connectivity index (χ1n) is 2.27. The SMILES string of the molecule is CCO/C(Br)=C/P(Br)Br. The van der Waals surface area contributed by atoms with Crippen LogP contribution in [0.4, 0.5) is 0 Å². The van der Waals surface area contributed by atoms with E-state index in [1.165, 1.54) is 0 Å². The van der Waals surface area contributed by atoms with E-state index in [0.717, 1.165) is 4.67 Å². The first-order chi connectivity index (χ1) is 4.16. The molecule has 0 aliphatic heterocycles. The molecule has 0 radical (unpaired) electrons. The fraction of sp³-hybridized carbons (Fsp3) is 0.500. The highest BCUT2D eigenvalue weighted by molar-refractivity contribution is 9.69. The van der Waals surface area contributed by atoms with E-state index in [9.17, 15) is 0 Å². The standard InChI is InChI=1S/C4H6Br3OP/c1-2-8-4(5)3-9(6)7/h3H,2H2,1H3/b4-3+. The maximum atomic E-state index is 5.09. The smallest absolute Gasteiger partial charge is 0.164 e. The van der Waals surface area contributed by atoms with E-state index < -0.39 is 0 Å². The summed E-state index contributed by atoms with van der Waals surface area (Å²) in [6.45, 7) is 2.64. The zero-order valence-electron chi connectivity index (χ0n) is 4.77. The number of ether oxygens (including phenoxy) is 1. The van der Waals surface area contributed by atoms with Crippen molar-refractivity contribution in [3.05, 3.63) is 10.5 Å². The molecule has 0 aromatic heterocycles. The minimum Gasteiger partial charge on any atom is -0.487 e. The summed E-state index contributed by atoms with van der Waals surface area (Å²) in [5.41, 5.74) is 0. The molecule has 0 rings (SSSR count). The molecular formula is C4H6Br3OP. The van der Waals surface area contributed by atoms with Gasteiger partial charge in [0.25, 0.3) is 0 Å². The fourth-order valence-electron chi connectivity index (χ4n) is 0.252. The average molecular weight is 341 g/mol. The third kappa shape index (κ3) is 7.31. The molecule has 0 unspecified atom stereocenters. The van der Waals surface area contributed by atoms with Crippen LogP contribution in [0.2, 0.25) is 0 Å². The van der Waals surface area contributed by atoms with Crippen molar-refractivity contribution in [2.24, 2.45) is 0 Å². The average Bonchev–Trinajstić information content (AvgIpc) is 1.63. The Bertz CT molecular complexity index is 104. The monoisotopic (exact) mass is 338 g/mol. The highest BCUT2D eigenvalue weighted by Gasteiger charge is 1.94. The Morgan fingerprint density at radius 1 is 1.67 bits per heavy atom. The lowest BCUT2D eigenvalue weighted by Crippen LogP contribution is -1.80. The zero-order valence-corrected chi connectivity index (χ0v) is 10.4. The van der Waals surface area contributed by atoms with Gasteiger partial charge in [0.1, 0.15) is 0 Å². The summed E-state index contributed by atoms with van der Waals surface area (Å²) in [6.07, 6.45) is 0. The van der Waals surface area contributed by atoms with E-state index in [1.54, 1.807) is 0 Å². The van der Waals surface area contributed by atoms with Crippen LogP contribution < -0.4 is 0 Å². The van der Waals surface area contributed by atoms with Gasteiger partial charge in [0, 0.05) is 5.82 Å². The second-order valence-corrected chi connectivity index (χ2v) is 10.1. The highest BCUT2D eigenvalue weighted by Crippen LogP contribution is 2.54. The van der Waals surface area contributed by atoms with Crippen molar-refractivity contribution in [2.75, 3.05) is 6.61 Å². The van der Waals surface area contributed by atoms with Gasteiger partial charge >= 0.3 is 0 Å². The van der Waals surface area contributed by atoms with Crippen LogP contribution in [0.15, 0.2) is 10.5 Å². The van der Waals surface area contributed by atoms with Gasteiger partial charge in [0.15, 0.2) is 4.67 Å².